The van der Waals surface area contributed by atoms with Crippen LogP contribution >= 0.6 is 11.3 Å². The average molecular weight is 549 g/mol. The van der Waals surface area contributed by atoms with E-state index in [2.05, 4.69) is 31.2 Å². The van der Waals surface area contributed by atoms with Crippen LogP contribution in [-0.4, -0.2) is 31.5 Å². The highest BCUT2D eigenvalue weighted by Gasteiger charge is 2.55. The molecule has 1 aromatic heterocycles. The number of fused-ring (bicyclic) bond motifs is 1. The van der Waals surface area contributed by atoms with Crippen LogP contribution in [0.15, 0.2) is 42.5 Å². The Bertz CT molecular complexity index is 1250. The van der Waals surface area contributed by atoms with Gasteiger partial charge in [-0.1, -0.05) is 39.7 Å². The van der Waals surface area contributed by atoms with Gasteiger partial charge in [0, 0.05) is 15.1 Å². The second-order valence-corrected chi connectivity index (χ2v) is 11.3. The highest BCUT2D eigenvalue weighted by molar-refractivity contribution is 7.22. The zero-order valence-electron chi connectivity index (χ0n) is 22.3. The summed E-state index contributed by atoms with van der Waals surface area (Å²) in [5.74, 6) is -1.79. The van der Waals surface area contributed by atoms with E-state index in [-0.39, 0.29) is 12.8 Å². The summed E-state index contributed by atoms with van der Waals surface area (Å²) in [4.78, 5) is 13.0. The highest BCUT2D eigenvalue weighted by Crippen LogP contribution is 2.44. The SMILES string of the molecule is CCCCCc1ccc(-c2cc3ccc(OC4CCC(OC(=O)C(C)C)C4C(F)(F)F)cc3s2)c(OC)c1. The predicted octanol–water partition coefficient (Wildman–Crippen LogP) is 8.60. The largest absolute Gasteiger partial charge is 0.496 e. The van der Waals surface area contributed by atoms with Crippen LogP contribution in [0.5, 0.6) is 11.5 Å². The number of aryl methyl sites for hydroxylation is 1. The van der Waals surface area contributed by atoms with E-state index in [9.17, 15) is 18.0 Å². The first-order valence-electron chi connectivity index (χ1n) is 13.3. The van der Waals surface area contributed by atoms with E-state index in [0.717, 1.165) is 39.1 Å². The summed E-state index contributed by atoms with van der Waals surface area (Å²) >= 11 is 1.55. The van der Waals surface area contributed by atoms with Gasteiger partial charge in [-0.3, -0.25) is 4.79 Å². The predicted molar refractivity (Wildman–Crippen MR) is 145 cm³/mol. The van der Waals surface area contributed by atoms with Crippen LogP contribution in [0, 0.1) is 11.8 Å². The van der Waals surface area contributed by atoms with Crippen molar-refractivity contribution in [1.29, 1.82) is 0 Å². The summed E-state index contributed by atoms with van der Waals surface area (Å²) < 4.78 is 59.6. The van der Waals surface area contributed by atoms with Crippen LogP contribution in [0.25, 0.3) is 20.5 Å². The Kier molecular flexibility index (Phi) is 8.91. The van der Waals surface area contributed by atoms with Gasteiger partial charge in [0.1, 0.15) is 29.6 Å². The molecule has 1 heterocycles. The molecular formula is C30H35F3O4S. The van der Waals surface area contributed by atoms with Gasteiger partial charge in [0.25, 0.3) is 0 Å². The average Bonchev–Trinajstić information content (AvgIpc) is 3.47. The van der Waals surface area contributed by atoms with Crippen LogP contribution in [0.3, 0.4) is 0 Å². The summed E-state index contributed by atoms with van der Waals surface area (Å²) in [6.45, 7) is 5.40. The van der Waals surface area contributed by atoms with Crippen molar-refractivity contribution in [3.63, 3.8) is 0 Å². The lowest BCUT2D eigenvalue weighted by molar-refractivity contribution is -0.216. The van der Waals surface area contributed by atoms with Crippen LogP contribution in [0.4, 0.5) is 13.2 Å². The van der Waals surface area contributed by atoms with Crippen LogP contribution < -0.4 is 9.47 Å². The van der Waals surface area contributed by atoms with E-state index in [1.165, 1.54) is 18.4 Å². The number of hydrogen-bond acceptors (Lipinski definition) is 5. The lowest BCUT2D eigenvalue weighted by atomic mass is 10.0. The Balaban J connectivity index is 1.54. The summed E-state index contributed by atoms with van der Waals surface area (Å²) in [5.41, 5.74) is 2.22. The standard InChI is InChI=1S/C30H35F3O4S/c1-5-6-7-8-19-9-12-22(25(15-19)35-4)27-16-20-10-11-21(17-26(20)38-27)36-23-13-14-24(28(23)30(31,32)33)37-29(34)18(2)3/h9-12,15-18,23-24,28H,5-8,13-14H2,1-4H3. The molecule has 0 bridgehead atoms. The first-order chi connectivity index (χ1) is 18.1. The molecule has 38 heavy (non-hydrogen) atoms. The zero-order chi connectivity index (χ0) is 27.4. The molecule has 8 heteroatoms. The van der Waals surface area contributed by atoms with Gasteiger partial charge in [0.2, 0.25) is 0 Å². The second kappa shape index (κ2) is 12.0. The van der Waals surface area contributed by atoms with E-state index < -0.39 is 36.2 Å². The second-order valence-electron chi connectivity index (χ2n) is 10.2. The van der Waals surface area contributed by atoms with Gasteiger partial charge in [-0.25, -0.2) is 0 Å². The Morgan fingerprint density at radius 2 is 1.82 bits per heavy atom. The molecular weight excluding hydrogens is 513 g/mol. The summed E-state index contributed by atoms with van der Waals surface area (Å²) in [6, 6.07) is 13.7. The van der Waals surface area contributed by atoms with Gasteiger partial charge in [0.15, 0.2) is 0 Å². The first kappa shape index (κ1) is 28.3. The third kappa shape index (κ3) is 6.45. The van der Waals surface area contributed by atoms with Crippen LogP contribution in [0.1, 0.15) is 58.4 Å². The van der Waals surface area contributed by atoms with E-state index in [4.69, 9.17) is 14.2 Å². The molecule has 3 aromatic rings. The van der Waals surface area contributed by atoms with Crippen LogP contribution in [0.2, 0.25) is 0 Å². The number of ether oxygens (including phenoxy) is 3. The van der Waals surface area contributed by atoms with Crippen molar-refractivity contribution in [3.8, 4) is 21.9 Å². The van der Waals surface area contributed by atoms with Gasteiger partial charge in [0.05, 0.1) is 13.0 Å². The van der Waals surface area contributed by atoms with Crippen molar-refractivity contribution in [2.75, 3.05) is 7.11 Å². The number of thiophene rings is 1. The fraction of sp³-hybridized carbons (Fsp3) is 0.500. The Morgan fingerprint density at radius 3 is 2.50 bits per heavy atom. The maximum atomic E-state index is 14.0. The maximum Gasteiger partial charge on any atom is 0.398 e. The number of hydrogen-bond donors (Lipinski definition) is 0. The van der Waals surface area contributed by atoms with Crippen molar-refractivity contribution in [2.24, 2.45) is 11.8 Å². The molecule has 4 rings (SSSR count). The molecule has 4 nitrogen and oxygen atoms in total. The molecule has 0 saturated heterocycles. The number of unbranched alkanes of at least 4 members (excludes halogenated alkanes) is 2. The number of methoxy groups -OCH3 is 1. The minimum Gasteiger partial charge on any atom is -0.496 e. The lowest BCUT2D eigenvalue weighted by Crippen LogP contribution is -2.41. The number of esters is 1. The van der Waals surface area contributed by atoms with Gasteiger partial charge in [-0.2, -0.15) is 13.2 Å². The third-order valence-corrected chi connectivity index (χ3v) is 8.16. The molecule has 1 aliphatic rings. The minimum absolute atomic E-state index is 0.118. The number of rotatable bonds is 10. The van der Waals surface area contributed by atoms with Crippen molar-refractivity contribution >= 4 is 27.4 Å². The summed E-state index contributed by atoms with van der Waals surface area (Å²) in [7, 11) is 1.66. The molecule has 206 valence electrons. The van der Waals surface area contributed by atoms with E-state index in [1.807, 2.05) is 6.07 Å². The number of benzene rings is 2. The molecule has 1 saturated carbocycles. The van der Waals surface area contributed by atoms with Crippen LogP contribution in [-0.2, 0) is 16.0 Å². The molecule has 0 amide bonds. The zero-order valence-corrected chi connectivity index (χ0v) is 23.1. The van der Waals surface area contributed by atoms with Gasteiger partial charge < -0.3 is 14.2 Å². The maximum absolute atomic E-state index is 14.0. The number of carbonyl (C=O) groups is 1. The molecule has 0 aliphatic heterocycles. The summed E-state index contributed by atoms with van der Waals surface area (Å²) in [6.07, 6.45) is -2.09. The quantitative estimate of drug-likeness (QED) is 0.188. The minimum atomic E-state index is -4.54. The third-order valence-electron chi connectivity index (χ3n) is 7.03. The van der Waals surface area contributed by atoms with Crippen molar-refractivity contribution in [3.05, 3.63) is 48.0 Å². The normalized spacial score (nSPS) is 19.7. The lowest BCUT2D eigenvalue weighted by Gasteiger charge is -2.27. The van der Waals surface area contributed by atoms with Gasteiger partial charge >= 0.3 is 12.1 Å². The fourth-order valence-corrected chi connectivity index (χ4v) is 6.09. The molecule has 2 aromatic carbocycles. The van der Waals surface area contributed by atoms with Crippen molar-refractivity contribution < 1.29 is 32.2 Å². The monoisotopic (exact) mass is 548 g/mol. The molecule has 1 aliphatic carbocycles. The number of carbonyl (C=O) groups excluding carboxylic acids is 1. The van der Waals surface area contributed by atoms with E-state index >= 15 is 0 Å². The van der Waals surface area contributed by atoms with Crippen molar-refractivity contribution in [1.82, 2.24) is 0 Å². The first-order valence-corrected chi connectivity index (χ1v) is 14.1. The van der Waals surface area contributed by atoms with Crippen molar-refractivity contribution in [2.45, 2.75) is 77.7 Å². The summed E-state index contributed by atoms with van der Waals surface area (Å²) in [5, 5.41) is 0.981. The number of halogens is 3. The molecule has 0 spiro atoms. The fourth-order valence-electron chi connectivity index (χ4n) is 4.96. The number of alkyl halides is 3. The van der Waals surface area contributed by atoms with Gasteiger partial charge in [-0.05, 0) is 73.0 Å². The van der Waals surface area contributed by atoms with E-state index in [1.54, 1.807) is 44.4 Å². The molecule has 0 radical (unpaired) electrons. The molecule has 1 fully saturated rings. The van der Waals surface area contributed by atoms with Gasteiger partial charge in [-0.15, -0.1) is 11.3 Å². The van der Waals surface area contributed by atoms with E-state index in [0.29, 0.717) is 5.75 Å². The molecule has 0 N–H and O–H groups in total. The highest BCUT2D eigenvalue weighted by atomic mass is 32.1. The Labute approximate surface area is 226 Å². The Hall–Kier alpha value is -2.74. The molecule has 3 unspecified atom stereocenters. The molecule has 3 atom stereocenters. The smallest absolute Gasteiger partial charge is 0.398 e. The Morgan fingerprint density at radius 1 is 1.05 bits per heavy atom. The topological polar surface area (TPSA) is 44.8 Å².